The summed E-state index contributed by atoms with van der Waals surface area (Å²) in [5.74, 6) is -0.141. The molecule has 1 aromatic rings. The summed E-state index contributed by atoms with van der Waals surface area (Å²) >= 11 is 0. The summed E-state index contributed by atoms with van der Waals surface area (Å²) in [4.78, 5) is 13.4. The van der Waals surface area contributed by atoms with Crippen molar-refractivity contribution in [2.45, 2.75) is 11.8 Å². The normalized spacial score (nSPS) is 16.4. The van der Waals surface area contributed by atoms with Gasteiger partial charge in [0.25, 0.3) is 0 Å². The molecule has 21 heavy (non-hydrogen) atoms. The average Bonchev–Trinajstić information content (AvgIpc) is 2.47. The number of hydrogen-bond donors (Lipinski definition) is 1. The molecular weight excluding hydrogens is 314 g/mol. The molecule has 0 aliphatic carbocycles. The molecule has 1 heterocycles. The first kappa shape index (κ1) is 17.9. The van der Waals surface area contributed by atoms with Gasteiger partial charge in [-0.25, -0.2) is 8.42 Å². The topological polar surface area (TPSA) is 83.7 Å². The van der Waals surface area contributed by atoms with Crippen LogP contribution in [0.1, 0.15) is 5.56 Å². The smallest absolute Gasteiger partial charge is 0.243 e. The number of benzene rings is 1. The van der Waals surface area contributed by atoms with Gasteiger partial charge >= 0.3 is 0 Å². The number of carbonyl (C=O) groups excluding carboxylic acids is 1. The lowest BCUT2D eigenvalue weighted by Crippen LogP contribution is -2.51. The van der Waals surface area contributed by atoms with E-state index in [-0.39, 0.29) is 24.9 Å². The van der Waals surface area contributed by atoms with E-state index in [9.17, 15) is 13.2 Å². The molecule has 1 fully saturated rings. The summed E-state index contributed by atoms with van der Waals surface area (Å²) in [6.45, 7) is 3.27. The van der Waals surface area contributed by atoms with Gasteiger partial charge in [-0.2, -0.15) is 4.31 Å². The molecule has 1 amide bonds. The Bertz CT molecular complexity index is 581. The van der Waals surface area contributed by atoms with E-state index >= 15 is 0 Å². The van der Waals surface area contributed by atoms with E-state index in [0.29, 0.717) is 31.1 Å². The van der Waals surface area contributed by atoms with Crippen LogP contribution in [0.5, 0.6) is 0 Å². The summed E-state index contributed by atoms with van der Waals surface area (Å²) in [5, 5.41) is 0. The van der Waals surface area contributed by atoms with Crippen LogP contribution < -0.4 is 5.73 Å². The Kier molecular flexibility index (Phi) is 6.15. The van der Waals surface area contributed by atoms with Crippen LogP contribution in [-0.2, 0) is 14.8 Å². The number of amides is 1. The quantitative estimate of drug-likeness (QED) is 0.857. The molecule has 1 aliphatic heterocycles. The fourth-order valence-electron chi connectivity index (χ4n) is 2.17. The fourth-order valence-corrected chi connectivity index (χ4v) is 3.59. The van der Waals surface area contributed by atoms with E-state index in [1.807, 2.05) is 6.92 Å². The van der Waals surface area contributed by atoms with Gasteiger partial charge < -0.3 is 10.6 Å². The van der Waals surface area contributed by atoms with Crippen molar-refractivity contribution in [3.8, 4) is 0 Å². The van der Waals surface area contributed by atoms with Gasteiger partial charge in [0, 0.05) is 26.2 Å². The molecular formula is C13H20ClN3O3S. The maximum atomic E-state index is 12.4. The first-order valence-electron chi connectivity index (χ1n) is 6.50. The monoisotopic (exact) mass is 333 g/mol. The van der Waals surface area contributed by atoms with Crippen LogP contribution >= 0.6 is 12.4 Å². The van der Waals surface area contributed by atoms with Gasteiger partial charge in [-0.05, 0) is 19.1 Å². The molecule has 2 rings (SSSR count). The molecule has 2 N–H and O–H groups in total. The van der Waals surface area contributed by atoms with Gasteiger partial charge in [0.2, 0.25) is 15.9 Å². The standard InChI is InChI=1S/C13H19N3O3S.ClH/c1-11-2-4-12(5-3-11)20(18,19)16-8-6-15(7-9-16)13(17)10-14;/h2-5H,6-10,14H2,1H3;1H. The highest BCUT2D eigenvalue weighted by Crippen LogP contribution is 2.18. The SMILES string of the molecule is Cc1ccc(S(=O)(=O)N2CCN(C(=O)CN)CC2)cc1.Cl. The summed E-state index contributed by atoms with van der Waals surface area (Å²) in [6, 6.07) is 6.78. The number of nitrogens with two attached hydrogens (primary N) is 1. The zero-order valence-corrected chi connectivity index (χ0v) is 13.5. The number of carbonyl (C=O) groups is 1. The number of sulfonamides is 1. The number of rotatable bonds is 3. The van der Waals surface area contributed by atoms with Crippen LogP contribution in [0.25, 0.3) is 0 Å². The Morgan fingerprint density at radius 2 is 1.67 bits per heavy atom. The number of hydrogen-bond acceptors (Lipinski definition) is 4. The van der Waals surface area contributed by atoms with Crippen molar-refractivity contribution < 1.29 is 13.2 Å². The van der Waals surface area contributed by atoms with Gasteiger partial charge in [-0.3, -0.25) is 4.79 Å². The molecule has 0 aromatic heterocycles. The Hall–Kier alpha value is -1.15. The van der Waals surface area contributed by atoms with E-state index in [4.69, 9.17) is 5.73 Å². The van der Waals surface area contributed by atoms with Gasteiger partial charge in [-0.15, -0.1) is 12.4 Å². The van der Waals surface area contributed by atoms with E-state index in [2.05, 4.69) is 0 Å². The first-order chi connectivity index (χ1) is 9.45. The first-order valence-corrected chi connectivity index (χ1v) is 7.94. The lowest BCUT2D eigenvalue weighted by Gasteiger charge is -2.33. The van der Waals surface area contributed by atoms with Crippen molar-refractivity contribution in [3.05, 3.63) is 29.8 Å². The van der Waals surface area contributed by atoms with Crippen molar-refractivity contribution in [3.63, 3.8) is 0 Å². The lowest BCUT2D eigenvalue weighted by molar-refractivity contribution is -0.130. The van der Waals surface area contributed by atoms with E-state index in [0.717, 1.165) is 5.56 Å². The Labute approximate surface area is 131 Å². The van der Waals surface area contributed by atoms with Crippen molar-refractivity contribution >= 4 is 28.3 Å². The second-order valence-electron chi connectivity index (χ2n) is 4.80. The second kappa shape index (κ2) is 7.22. The van der Waals surface area contributed by atoms with Crippen LogP contribution in [0.15, 0.2) is 29.2 Å². The van der Waals surface area contributed by atoms with Crippen molar-refractivity contribution in [1.29, 1.82) is 0 Å². The van der Waals surface area contributed by atoms with E-state index < -0.39 is 10.0 Å². The van der Waals surface area contributed by atoms with Crippen LogP contribution in [0.2, 0.25) is 0 Å². The van der Waals surface area contributed by atoms with Crippen molar-refractivity contribution in [1.82, 2.24) is 9.21 Å². The number of nitrogens with zero attached hydrogens (tertiary/aromatic N) is 2. The molecule has 0 bridgehead atoms. The molecule has 0 saturated carbocycles. The highest BCUT2D eigenvalue weighted by atomic mass is 35.5. The summed E-state index contributed by atoms with van der Waals surface area (Å²) in [6.07, 6.45) is 0. The second-order valence-corrected chi connectivity index (χ2v) is 6.74. The molecule has 0 atom stereocenters. The fraction of sp³-hybridized carbons (Fsp3) is 0.462. The maximum absolute atomic E-state index is 12.4. The zero-order valence-electron chi connectivity index (χ0n) is 11.9. The van der Waals surface area contributed by atoms with Gasteiger partial charge in [0.15, 0.2) is 0 Å². The third-order valence-electron chi connectivity index (χ3n) is 3.42. The Morgan fingerprint density at radius 1 is 1.14 bits per heavy atom. The van der Waals surface area contributed by atoms with Crippen molar-refractivity contribution in [2.24, 2.45) is 5.73 Å². The Morgan fingerprint density at radius 3 is 2.14 bits per heavy atom. The minimum absolute atomic E-state index is 0. The van der Waals surface area contributed by atoms with Crippen LogP contribution in [0.3, 0.4) is 0 Å². The summed E-state index contributed by atoms with van der Waals surface area (Å²) < 4.78 is 26.3. The zero-order chi connectivity index (χ0) is 14.8. The molecule has 1 aromatic carbocycles. The predicted molar refractivity (Wildman–Crippen MR) is 82.8 cm³/mol. The van der Waals surface area contributed by atoms with Gasteiger partial charge in [0.1, 0.15) is 0 Å². The maximum Gasteiger partial charge on any atom is 0.243 e. The Balaban J connectivity index is 0.00000220. The van der Waals surface area contributed by atoms with Crippen molar-refractivity contribution in [2.75, 3.05) is 32.7 Å². The van der Waals surface area contributed by atoms with E-state index in [1.54, 1.807) is 29.2 Å². The molecule has 8 heteroatoms. The molecule has 0 radical (unpaired) electrons. The molecule has 0 spiro atoms. The van der Waals surface area contributed by atoms with Gasteiger partial charge in [-0.1, -0.05) is 17.7 Å². The summed E-state index contributed by atoms with van der Waals surface area (Å²) in [5.41, 5.74) is 6.32. The highest BCUT2D eigenvalue weighted by molar-refractivity contribution is 7.89. The van der Waals surface area contributed by atoms with Crippen LogP contribution in [0.4, 0.5) is 0 Å². The van der Waals surface area contributed by atoms with Gasteiger partial charge in [0.05, 0.1) is 11.4 Å². The predicted octanol–water partition coefficient (Wildman–Crippen LogP) is 0.208. The van der Waals surface area contributed by atoms with Crippen LogP contribution in [0, 0.1) is 6.92 Å². The largest absolute Gasteiger partial charge is 0.339 e. The third kappa shape index (κ3) is 3.94. The number of aryl methyl sites for hydroxylation is 1. The number of piperazine rings is 1. The molecule has 1 aliphatic rings. The summed E-state index contributed by atoms with van der Waals surface area (Å²) in [7, 11) is -3.47. The molecule has 6 nitrogen and oxygen atoms in total. The number of halogens is 1. The lowest BCUT2D eigenvalue weighted by atomic mass is 10.2. The molecule has 0 unspecified atom stereocenters. The minimum atomic E-state index is -3.47. The van der Waals surface area contributed by atoms with Crippen LogP contribution in [-0.4, -0.2) is 56.3 Å². The molecule has 118 valence electrons. The van der Waals surface area contributed by atoms with E-state index in [1.165, 1.54) is 4.31 Å². The minimum Gasteiger partial charge on any atom is -0.339 e. The molecule has 1 saturated heterocycles. The highest BCUT2D eigenvalue weighted by Gasteiger charge is 2.29. The average molecular weight is 334 g/mol. The third-order valence-corrected chi connectivity index (χ3v) is 5.34.